The number of nitrogens with zero attached hydrogens (tertiary/aromatic N) is 1. The van der Waals surface area contributed by atoms with E-state index < -0.39 is 0 Å². The van der Waals surface area contributed by atoms with Gasteiger partial charge < -0.3 is 5.11 Å². The van der Waals surface area contributed by atoms with E-state index in [1.54, 1.807) is 0 Å². The first-order valence-electron chi connectivity index (χ1n) is 6.71. The number of aliphatic hydroxyl groups excluding tert-OH is 1. The number of likely N-dealkylation sites (tertiary alicyclic amines) is 1. The zero-order valence-corrected chi connectivity index (χ0v) is 9.99. The Morgan fingerprint density at radius 1 is 1.20 bits per heavy atom. The molecular formula is C13H25NO. The highest BCUT2D eigenvalue weighted by Crippen LogP contribution is 2.33. The van der Waals surface area contributed by atoms with Crippen LogP contribution in [0.4, 0.5) is 0 Å². The van der Waals surface area contributed by atoms with Gasteiger partial charge in [0, 0.05) is 12.1 Å². The molecule has 0 amide bonds. The van der Waals surface area contributed by atoms with Crippen LogP contribution in [-0.2, 0) is 0 Å². The third-order valence-electron chi connectivity index (χ3n) is 4.43. The van der Waals surface area contributed by atoms with Crippen molar-refractivity contribution >= 4 is 0 Å². The molecule has 1 N–H and O–H groups in total. The Balaban J connectivity index is 1.91. The molecule has 88 valence electrons. The Morgan fingerprint density at radius 2 is 2.07 bits per heavy atom. The van der Waals surface area contributed by atoms with Crippen LogP contribution in [0.2, 0.25) is 0 Å². The zero-order valence-electron chi connectivity index (χ0n) is 9.99. The van der Waals surface area contributed by atoms with Crippen molar-refractivity contribution in [3.8, 4) is 0 Å². The highest BCUT2D eigenvalue weighted by atomic mass is 16.3. The molecule has 2 rings (SSSR count). The SMILES string of the molecule is CCC1CCCC(N2CCCC2CO)C1. The van der Waals surface area contributed by atoms with Crippen LogP contribution in [0.3, 0.4) is 0 Å². The maximum Gasteiger partial charge on any atom is 0.0586 e. The van der Waals surface area contributed by atoms with Gasteiger partial charge >= 0.3 is 0 Å². The monoisotopic (exact) mass is 211 g/mol. The van der Waals surface area contributed by atoms with E-state index in [2.05, 4.69) is 11.8 Å². The first-order chi connectivity index (χ1) is 7.35. The topological polar surface area (TPSA) is 23.5 Å². The predicted octanol–water partition coefficient (Wildman–Crippen LogP) is 2.41. The zero-order chi connectivity index (χ0) is 10.7. The van der Waals surface area contributed by atoms with Gasteiger partial charge in [-0.25, -0.2) is 0 Å². The molecule has 1 aliphatic heterocycles. The van der Waals surface area contributed by atoms with Crippen LogP contribution in [0.1, 0.15) is 51.9 Å². The summed E-state index contributed by atoms with van der Waals surface area (Å²) in [5, 5.41) is 9.35. The van der Waals surface area contributed by atoms with Crippen LogP contribution in [0, 0.1) is 5.92 Å². The van der Waals surface area contributed by atoms with E-state index in [1.165, 1.54) is 51.5 Å². The van der Waals surface area contributed by atoms with Crippen molar-refractivity contribution in [1.29, 1.82) is 0 Å². The summed E-state index contributed by atoms with van der Waals surface area (Å²) < 4.78 is 0. The van der Waals surface area contributed by atoms with Crippen molar-refractivity contribution in [3.63, 3.8) is 0 Å². The highest BCUT2D eigenvalue weighted by molar-refractivity contribution is 4.87. The second kappa shape index (κ2) is 5.31. The minimum atomic E-state index is 0.368. The molecule has 2 heteroatoms. The van der Waals surface area contributed by atoms with E-state index in [4.69, 9.17) is 0 Å². The van der Waals surface area contributed by atoms with Gasteiger partial charge in [-0.15, -0.1) is 0 Å². The van der Waals surface area contributed by atoms with Crippen LogP contribution < -0.4 is 0 Å². The quantitative estimate of drug-likeness (QED) is 0.775. The summed E-state index contributed by atoms with van der Waals surface area (Å²) in [7, 11) is 0. The van der Waals surface area contributed by atoms with Crippen LogP contribution in [0.5, 0.6) is 0 Å². The summed E-state index contributed by atoms with van der Waals surface area (Å²) in [5.41, 5.74) is 0. The van der Waals surface area contributed by atoms with Crippen LogP contribution in [0.25, 0.3) is 0 Å². The van der Waals surface area contributed by atoms with E-state index in [9.17, 15) is 5.11 Å². The summed E-state index contributed by atoms with van der Waals surface area (Å²) in [4.78, 5) is 2.60. The molecule has 1 saturated carbocycles. The molecule has 0 aromatic rings. The second-order valence-corrected chi connectivity index (χ2v) is 5.31. The molecule has 15 heavy (non-hydrogen) atoms. The number of hydrogen-bond acceptors (Lipinski definition) is 2. The molecule has 0 radical (unpaired) electrons. The standard InChI is InChI=1S/C13H25NO/c1-2-11-5-3-6-12(9-11)14-8-4-7-13(14)10-15/h11-13,15H,2-10H2,1H3. The van der Waals surface area contributed by atoms with Crippen molar-refractivity contribution in [2.75, 3.05) is 13.2 Å². The lowest BCUT2D eigenvalue weighted by Crippen LogP contribution is -2.43. The Labute approximate surface area is 93.7 Å². The summed E-state index contributed by atoms with van der Waals surface area (Å²) in [6.45, 7) is 3.92. The lowest BCUT2D eigenvalue weighted by atomic mass is 9.83. The average molecular weight is 211 g/mol. The molecule has 1 aliphatic carbocycles. The predicted molar refractivity (Wildman–Crippen MR) is 62.9 cm³/mol. The maximum atomic E-state index is 9.35. The molecule has 2 fully saturated rings. The van der Waals surface area contributed by atoms with E-state index >= 15 is 0 Å². The third kappa shape index (κ3) is 2.54. The van der Waals surface area contributed by atoms with Crippen LogP contribution in [0.15, 0.2) is 0 Å². The van der Waals surface area contributed by atoms with Gasteiger partial charge in [-0.1, -0.05) is 26.2 Å². The number of aliphatic hydroxyl groups is 1. The third-order valence-corrected chi connectivity index (χ3v) is 4.43. The molecule has 1 saturated heterocycles. The number of hydrogen-bond donors (Lipinski definition) is 1. The van der Waals surface area contributed by atoms with E-state index in [1.807, 2.05) is 0 Å². The van der Waals surface area contributed by atoms with Crippen molar-refractivity contribution < 1.29 is 5.11 Å². The minimum absolute atomic E-state index is 0.368. The summed E-state index contributed by atoms with van der Waals surface area (Å²) in [6, 6.07) is 1.26. The van der Waals surface area contributed by atoms with E-state index in [0.29, 0.717) is 12.6 Å². The molecule has 0 aromatic carbocycles. The first kappa shape index (κ1) is 11.4. The van der Waals surface area contributed by atoms with Gasteiger partial charge in [-0.3, -0.25) is 4.90 Å². The molecule has 0 spiro atoms. The molecule has 0 bridgehead atoms. The minimum Gasteiger partial charge on any atom is -0.395 e. The lowest BCUT2D eigenvalue weighted by Gasteiger charge is -2.37. The Bertz CT molecular complexity index is 195. The van der Waals surface area contributed by atoms with Crippen LogP contribution in [-0.4, -0.2) is 35.2 Å². The first-order valence-corrected chi connectivity index (χ1v) is 6.71. The molecule has 2 aliphatic rings. The average Bonchev–Trinajstić information content (AvgIpc) is 2.77. The highest BCUT2D eigenvalue weighted by Gasteiger charge is 2.32. The van der Waals surface area contributed by atoms with Crippen molar-refractivity contribution in [2.24, 2.45) is 5.92 Å². The van der Waals surface area contributed by atoms with Gasteiger partial charge in [0.15, 0.2) is 0 Å². The summed E-state index contributed by atoms with van der Waals surface area (Å²) in [5.74, 6) is 0.948. The molecule has 2 nitrogen and oxygen atoms in total. The van der Waals surface area contributed by atoms with E-state index in [-0.39, 0.29) is 0 Å². The van der Waals surface area contributed by atoms with Gasteiger partial charge in [0.25, 0.3) is 0 Å². The maximum absolute atomic E-state index is 9.35. The molecule has 3 atom stereocenters. The Kier molecular flexibility index (Phi) is 4.04. The van der Waals surface area contributed by atoms with Gasteiger partial charge in [0.05, 0.1) is 6.61 Å². The smallest absolute Gasteiger partial charge is 0.0586 e. The molecule has 3 unspecified atom stereocenters. The fourth-order valence-corrected chi connectivity index (χ4v) is 3.47. The summed E-state index contributed by atoms with van der Waals surface area (Å²) >= 11 is 0. The fourth-order valence-electron chi connectivity index (χ4n) is 3.47. The van der Waals surface area contributed by atoms with Crippen LogP contribution >= 0.6 is 0 Å². The summed E-state index contributed by atoms with van der Waals surface area (Å²) in [6.07, 6.45) is 9.43. The normalized spacial score (nSPS) is 38.4. The molecular weight excluding hydrogens is 186 g/mol. The second-order valence-electron chi connectivity index (χ2n) is 5.31. The van der Waals surface area contributed by atoms with Gasteiger partial charge in [0.2, 0.25) is 0 Å². The van der Waals surface area contributed by atoms with Gasteiger partial charge in [-0.05, 0) is 38.1 Å². The van der Waals surface area contributed by atoms with E-state index in [0.717, 1.165) is 12.0 Å². The van der Waals surface area contributed by atoms with Crippen molar-refractivity contribution in [2.45, 2.75) is 64.0 Å². The Morgan fingerprint density at radius 3 is 2.80 bits per heavy atom. The largest absolute Gasteiger partial charge is 0.395 e. The fraction of sp³-hybridized carbons (Fsp3) is 1.00. The van der Waals surface area contributed by atoms with Gasteiger partial charge in [0.1, 0.15) is 0 Å². The molecule has 0 aromatic heterocycles. The number of rotatable bonds is 3. The Hall–Kier alpha value is -0.0800. The van der Waals surface area contributed by atoms with Gasteiger partial charge in [-0.2, -0.15) is 0 Å². The molecule has 1 heterocycles. The van der Waals surface area contributed by atoms with Crippen molar-refractivity contribution in [1.82, 2.24) is 4.90 Å². The van der Waals surface area contributed by atoms with Crippen molar-refractivity contribution in [3.05, 3.63) is 0 Å². The lowest BCUT2D eigenvalue weighted by molar-refractivity contribution is 0.0825.